The summed E-state index contributed by atoms with van der Waals surface area (Å²) in [5.74, 6) is -0.406. The molecule has 3 N–H and O–H groups in total. The van der Waals surface area contributed by atoms with Gasteiger partial charge in [0.05, 0.1) is 16.8 Å². The number of nitrogens with zero attached hydrogens (tertiary/aromatic N) is 1. The van der Waals surface area contributed by atoms with Crippen molar-refractivity contribution in [2.75, 3.05) is 11.4 Å². The summed E-state index contributed by atoms with van der Waals surface area (Å²) in [5.41, 5.74) is 6.44. The van der Waals surface area contributed by atoms with Crippen LogP contribution in [0.25, 0.3) is 0 Å². The number of rotatable bonds is 5. The SMILES string of the molecule is CCCC(N)C(=O)NC1CCN(c2ccccc2Cl)C1=O. The fourth-order valence-corrected chi connectivity index (χ4v) is 2.68. The van der Waals surface area contributed by atoms with Crippen LogP contribution in [0.1, 0.15) is 26.2 Å². The van der Waals surface area contributed by atoms with Gasteiger partial charge in [-0.3, -0.25) is 9.59 Å². The maximum Gasteiger partial charge on any atom is 0.249 e. The van der Waals surface area contributed by atoms with Crippen molar-refractivity contribution >= 4 is 29.1 Å². The number of para-hydroxylation sites is 1. The lowest BCUT2D eigenvalue weighted by atomic mass is 10.1. The molecule has 0 bridgehead atoms. The van der Waals surface area contributed by atoms with Gasteiger partial charge < -0.3 is 16.0 Å². The minimum Gasteiger partial charge on any atom is -0.343 e. The van der Waals surface area contributed by atoms with Crippen molar-refractivity contribution in [3.05, 3.63) is 29.3 Å². The Morgan fingerprint density at radius 3 is 2.90 bits per heavy atom. The van der Waals surface area contributed by atoms with Gasteiger partial charge in [-0.25, -0.2) is 0 Å². The predicted molar refractivity (Wildman–Crippen MR) is 83.2 cm³/mol. The Labute approximate surface area is 129 Å². The van der Waals surface area contributed by atoms with Gasteiger partial charge >= 0.3 is 0 Å². The standard InChI is InChI=1S/C15H20ClN3O2/c1-2-5-11(17)14(20)18-12-8-9-19(15(12)21)13-7-4-3-6-10(13)16/h3-4,6-7,11-12H,2,5,8-9,17H2,1H3,(H,18,20). The second kappa shape index (κ2) is 6.91. The lowest BCUT2D eigenvalue weighted by Gasteiger charge is -2.19. The molecular formula is C15H20ClN3O2. The molecule has 5 nitrogen and oxygen atoms in total. The molecule has 0 aliphatic carbocycles. The van der Waals surface area contributed by atoms with Crippen molar-refractivity contribution < 1.29 is 9.59 Å². The summed E-state index contributed by atoms with van der Waals surface area (Å²) >= 11 is 6.11. The molecule has 1 aliphatic heterocycles. The first-order valence-corrected chi connectivity index (χ1v) is 7.54. The Morgan fingerprint density at radius 2 is 2.24 bits per heavy atom. The minimum absolute atomic E-state index is 0.139. The average Bonchev–Trinajstić information content (AvgIpc) is 2.81. The Hall–Kier alpha value is -1.59. The third-order valence-corrected chi connectivity index (χ3v) is 3.92. The van der Waals surface area contributed by atoms with E-state index in [0.29, 0.717) is 30.1 Å². The second-order valence-corrected chi connectivity index (χ2v) is 5.59. The average molecular weight is 310 g/mol. The highest BCUT2D eigenvalue weighted by molar-refractivity contribution is 6.34. The molecule has 0 aromatic heterocycles. The highest BCUT2D eigenvalue weighted by Gasteiger charge is 2.35. The van der Waals surface area contributed by atoms with Crippen LogP contribution in [0.15, 0.2) is 24.3 Å². The number of benzene rings is 1. The van der Waals surface area contributed by atoms with E-state index in [9.17, 15) is 9.59 Å². The minimum atomic E-state index is -0.558. The summed E-state index contributed by atoms with van der Waals surface area (Å²) in [6, 6.07) is 6.11. The number of carbonyl (C=O) groups is 2. The van der Waals surface area contributed by atoms with Crippen LogP contribution >= 0.6 is 11.6 Å². The summed E-state index contributed by atoms with van der Waals surface area (Å²) in [6.45, 7) is 2.50. The van der Waals surface area contributed by atoms with E-state index in [0.717, 1.165) is 6.42 Å². The normalized spacial score (nSPS) is 19.7. The smallest absolute Gasteiger partial charge is 0.249 e. The molecule has 6 heteroatoms. The third-order valence-electron chi connectivity index (χ3n) is 3.60. The lowest BCUT2D eigenvalue weighted by molar-refractivity contribution is -0.127. The largest absolute Gasteiger partial charge is 0.343 e. The van der Waals surface area contributed by atoms with Crippen LogP contribution < -0.4 is 16.0 Å². The Balaban J connectivity index is 2.02. The number of carbonyl (C=O) groups excluding carboxylic acids is 2. The molecule has 1 aliphatic rings. The van der Waals surface area contributed by atoms with E-state index < -0.39 is 12.1 Å². The van der Waals surface area contributed by atoms with Crippen LogP contribution in [0.5, 0.6) is 0 Å². The molecule has 21 heavy (non-hydrogen) atoms. The van der Waals surface area contributed by atoms with E-state index in [1.807, 2.05) is 19.1 Å². The van der Waals surface area contributed by atoms with Gasteiger partial charge in [0.2, 0.25) is 11.8 Å². The zero-order valence-corrected chi connectivity index (χ0v) is 12.8. The van der Waals surface area contributed by atoms with Crippen LogP contribution in [0.2, 0.25) is 5.02 Å². The quantitative estimate of drug-likeness (QED) is 0.869. The van der Waals surface area contributed by atoms with Gasteiger partial charge in [0.1, 0.15) is 6.04 Å². The summed E-state index contributed by atoms with van der Waals surface area (Å²) in [6.07, 6.45) is 2.01. The molecule has 2 amide bonds. The first kappa shape index (κ1) is 15.8. The molecular weight excluding hydrogens is 290 g/mol. The maximum absolute atomic E-state index is 12.4. The fraction of sp³-hybridized carbons (Fsp3) is 0.467. The first-order chi connectivity index (χ1) is 10.0. The van der Waals surface area contributed by atoms with Crippen LogP contribution in [-0.2, 0) is 9.59 Å². The van der Waals surface area contributed by atoms with Gasteiger partial charge in [-0.15, -0.1) is 0 Å². The highest BCUT2D eigenvalue weighted by atomic mass is 35.5. The molecule has 0 saturated carbocycles. The summed E-state index contributed by atoms with van der Waals surface area (Å²) in [5, 5.41) is 3.26. The number of halogens is 1. The van der Waals surface area contributed by atoms with Gasteiger partial charge in [0.25, 0.3) is 0 Å². The molecule has 1 aromatic carbocycles. The Kier molecular flexibility index (Phi) is 5.20. The number of hydrogen-bond donors (Lipinski definition) is 2. The molecule has 1 heterocycles. The van der Waals surface area contributed by atoms with E-state index in [-0.39, 0.29) is 11.8 Å². The van der Waals surface area contributed by atoms with Crippen molar-refractivity contribution in [3.8, 4) is 0 Å². The predicted octanol–water partition coefficient (Wildman–Crippen LogP) is 1.69. The van der Waals surface area contributed by atoms with Crippen molar-refractivity contribution in [2.24, 2.45) is 5.73 Å². The van der Waals surface area contributed by atoms with Crippen LogP contribution in [0.4, 0.5) is 5.69 Å². The highest BCUT2D eigenvalue weighted by Crippen LogP contribution is 2.28. The van der Waals surface area contributed by atoms with Gasteiger partial charge in [0.15, 0.2) is 0 Å². The van der Waals surface area contributed by atoms with Crippen molar-refractivity contribution in [3.63, 3.8) is 0 Å². The van der Waals surface area contributed by atoms with E-state index >= 15 is 0 Å². The lowest BCUT2D eigenvalue weighted by Crippen LogP contribution is -2.48. The molecule has 2 rings (SSSR count). The topological polar surface area (TPSA) is 75.4 Å². The summed E-state index contributed by atoms with van der Waals surface area (Å²) in [7, 11) is 0. The van der Waals surface area contributed by atoms with Gasteiger partial charge in [0, 0.05) is 6.54 Å². The molecule has 0 radical (unpaired) electrons. The molecule has 1 fully saturated rings. The molecule has 0 spiro atoms. The fourth-order valence-electron chi connectivity index (χ4n) is 2.44. The van der Waals surface area contributed by atoms with E-state index in [2.05, 4.69) is 5.32 Å². The number of nitrogens with two attached hydrogens (primary N) is 1. The summed E-state index contributed by atoms with van der Waals surface area (Å²) < 4.78 is 0. The van der Waals surface area contributed by atoms with Crippen LogP contribution in [0.3, 0.4) is 0 Å². The van der Waals surface area contributed by atoms with Crippen LogP contribution in [-0.4, -0.2) is 30.4 Å². The van der Waals surface area contributed by atoms with Gasteiger partial charge in [-0.2, -0.15) is 0 Å². The Bertz CT molecular complexity index is 535. The zero-order chi connectivity index (χ0) is 15.4. The van der Waals surface area contributed by atoms with Crippen LogP contribution in [0, 0.1) is 0 Å². The number of nitrogens with one attached hydrogen (secondary N) is 1. The van der Waals surface area contributed by atoms with E-state index in [1.165, 1.54) is 0 Å². The number of amides is 2. The van der Waals surface area contributed by atoms with Crippen molar-refractivity contribution in [1.29, 1.82) is 0 Å². The van der Waals surface area contributed by atoms with Gasteiger partial charge in [-0.05, 0) is 25.0 Å². The summed E-state index contributed by atoms with van der Waals surface area (Å²) in [4.78, 5) is 25.9. The molecule has 1 aromatic rings. The maximum atomic E-state index is 12.4. The monoisotopic (exact) mass is 309 g/mol. The molecule has 1 saturated heterocycles. The number of hydrogen-bond acceptors (Lipinski definition) is 3. The molecule has 114 valence electrons. The second-order valence-electron chi connectivity index (χ2n) is 5.19. The van der Waals surface area contributed by atoms with Crippen molar-refractivity contribution in [2.45, 2.75) is 38.3 Å². The van der Waals surface area contributed by atoms with E-state index in [4.69, 9.17) is 17.3 Å². The zero-order valence-electron chi connectivity index (χ0n) is 12.0. The van der Waals surface area contributed by atoms with Crippen molar-refractivity contribution in [1.82, 2.24) is 5.32 Å². The first-order valence-electron chi connectivity index (χ1n) is 7.16. The van der Waals surface area contributed by atoms with E-state index in [1.54, 1.807) is 17.0 Å². The third kappa shape index (κ3) is 3.54. The Morgan fingerprint density at radius 1 is 1.52 bits per heavy atom. The number of anilines is 1. The van der Waals surface area contributed by atoms with Gasteiger partial charge in [-0.1, -0.05) is 37.1 Å². The molecule has 2 atom stereocenters. The molecule has 2 unspecified atom stereocenters.